The van der Waals surface area contributed by atoms with E-state index in [0.29, 0.717) is 19.1 Å². The average Bonchev–Trinajstić information content (AvgIpc) is 2.85. The molecule has 0 radical (unpaired) electrons. The zero-order valence-electron chi connectivity index (χ0n) is 20.8. The minimum absolute atomic E-state index is 0.0105. The Kier molecular flexibility index (Phi) is 8.93. The molecule has 0 spiro atoms. The van der Waals surface area contributed by atoms with E-state index in [1.54, 1.807) is 6.92 Å². The highest BCUT2D eigenvalue weighted by Crippen LogP contribution is 2.49. The van der Waals surface area contributed by atoms with Crippen molar-refractivity contribution in [3.05, 3.63) is 23.8 Å². The van der Waals surface area contributed by atoms with Crippen LogP contribution in [-0.2, 0) is 0 Å². The van der Waals surface area contributed by atoms with Crippen LogP contribution in [0.4, 0.5) is 8.78 Å². The molecule has 186 valence electrons. The van der Waals surface area contributed by atoms with Crippen molar-refractivity contribution in [3.8, 4) is 11.5 Å². The molecular weight excluding hydrogens is 418 g/mol. The van der Waals surface area contributed by atoms with E-state index >= 15 is 0 Å². The Morgan fingerprint density at radius 1 is 0.697 bits per heavy atom. The normalized spacial score (nSPS) is 32.2. The van der Waals surface area contributed by atoms with Crippen LogP contribution in [0.25, 0.3) is 0 Å². The van der Waals surface area contributed by atoms with Gasteiger partial charge in [0.2, 0.25) is 11.6 Å². The molecule has 3 aliphatic rings. The summed E-state index contributed by atoms with van der Waals surface area (Å²) in [5.41, 5.74) is 0. The Hall–Kier alpha value is -1.32. The smallest absolute Gasteiger partial charge is 0.204 e. The van der Waals surface area contributed by atoms with Gasteiger partial charge >= 0.3 is 0 Å². The van der Waals surface area contributed by atoms with Crippen molar-refractivity contribution >= 4 is 0 Å². The van der Waals surface area contributed by atoms with Gasteiger partial charge in [-0.2, -0.15) is 8.78 Å². The maximum Gasteiger partial charge on any atom is 0.204 e. The molecular formula is C29H44F2O2. The fourth-order valence-electron chi connectivity index (χ4n) is 7.14. The number of fused-ring (bicyclic) bond motifs is 1. The van der Waals surface area contributed by atoms with Gasteiger partial charge in [0.25, 0.3) is 0 Å². The van der Waals surface area contributed by atoms with E-state index < -0.39 is 11.6 Å². The molecule has 1 aromatic carbocycles. The lowest BCUT2D eigenvalue weighted by Crippen LogP contribution is -2.35. The van der Waals surface area contributed by atoms with Crippen molar-refractivity contribution in [2.24, 2.45) is 35.5 Å². The van der Waals surface area contributed by atoms with E-state index in [1.165, 1.54) is 89.2 Å². The summed E-state index contributed by atoms with van der Waals surface area (Å²) in [6, 6.07) is 2.96. The molecule has 0 aromatic heterocycles. The molecule has 0 aliphatic heterocycles. The topological polar surface area (TPSA) is 18.5 Å². The van der Waals surface area contributed by atoms with E-state index in [2.05, 4.69) is 6.92 Å². The van der Waals surface area contributed by atoms with E-state index in [4.69, 9.17) is 9.47 Å². The molecule has 4 heteroatoms. The SMILES string of the molecule is CCCCC1CCC(C2CCC3CC(COc4ccc(OCC)c(F)c4F)CCC3C2)CC1. The summed E-state index contributed by atoms with van der Waals surface area (Å²) >= 11 is 0. The lowest BCUT2D eigenvalue weighted by molar-refractivity contribution is 0.0477. The van der Waals surface area contributed by atoms with Gasteiger partial charge in [-0.3, -0.25) is 0 Å². The second-order valence-electron chi connectivity index (χ2n) is 11.1. The van der Waals surface area contributed by atoms with Crippen LogP contribution < -0.4 is 9.47 Å². The zero-order chi connectivity index (χ0) is 23.2. The first-order valence-electron chi connectivity index (χ1n) is 13.8. The van der Waals surface area contributed by atoms with Crippen LogP contribution in [0.3, 0.4) is 0 Å². The third kappa shape index (κ3) is 6.22. The first-order valence-corrected chi connectivity index (χ1v) is 13.8. The molecule has 0 amide bonds. The van der Waals surface area contributed by atoms with Crippen LogP contribution in [-0.4, -0.2) is 13.2 Å². The third-order valence-corrected chi connectivity index (χ3v) is 9.07. The van der Waals surface area contributed by atoms with E-state index in [1.807, 2.05) is 0 Å². The van der Waals surface area contributed by atoms with E-state index in [0.717, 1.165) is 36.0 Å². The van der Waals surface area contributed by atoms with Crippen molar-refractivity contribution in [2.75, 3.05) is 13.2 Å². The van der Waals surface area contributed by atoms with Crippen molar-refractivity contribution in [3.63, 3.8) is 0 Å². The maximum absolute atomic E-state index is 14.3. The van der Waals surface area contributed by atoms with Gasteiger partial charge in [0.15, 0.2) is 11.5 Å². The van der Waals surface area contributed by atoms with Crippen LogP contribution in [0.1, 0.15) is 97.3 Å². The van der Waals surface area contributed by atoms with Crippen molar-refractivity contribution in [1.29, 1.82) is 0 Å². The first-order chi connectivity index (χ1) is 16.1. The average molecular weight is 463 g/mol. The lowest BCUT2D eigenvalue weighted by Gasteiger charge is -2.45. The Morgan fingerprint density at radius 3 is 1.91 bits per heavy atom. The van der Waals surface area contributed by atoms with Gasteiger partial charge in [0.05, 0.1) is 13.2 Å². The second kappa shape index (κ2) is 11.9. The van der Waals surface area contributed by atoms with Gasteiger partial charge in [-0.05, 0) is 106 Å². The summed E-state index contributed by atoms with van der Waals surface area (Å²) in [7, 11) is 0. The number of ether oxygens (including phenoxy) is 2. The fourth-order valence-corrected chi connectivity index (χ4v) is 7.14. The number of rotatable bonds is 9. The van der Waals surface area contributed by atoms with E-state index in [-0.39, 0.29) is 11.5 Å². The first kappa shape index (κ1) is 24.8. The molecule has 0 saturated heterocycles. The minimum atomic E-state index is -0.948. The predicted molar refractivity (Wildman–Crippen MR) is 130 cm³/mol. The summed E-state index contributed by atoms with van der Waals surface area (Å²) in [6.07, 6.45) is 17.9. The number of hydrogen-bond acceptors (Lipinski definition) is 2. The van der Waals surface area contributed by atoms with Gasteiger partial charge in [0.1, 0.15) is 0 Å². The molecule has 2 nitrogen and oxygen atoms in total. The highest BCUT2D eigenvalue weighted by molar-refractivity contribution is 5.35. The minimum Gasteiger partial charge on any atom is -0.491 e. The van der Waals surface area contributed by atoms with Crippen molar-refractivity contribution in [1.82, 2.24) is 0 Å². The van der Waals surface area contributed by atoms with Gasteiger partial charge < -0.3 is 9.47 Å². The van der Waals surface area contributed by atoms with Crippen LogP contribution in [0, 0.1) is 47.1 Å². The number of halogens is 2. The summed E-state index contributed by atoms with van der Waals surface area (Å²) < 4.78 is 39.3. The standard InChI is InChI=1S/C29H44F2O2/c1-3-5-6-20-7-10-22(11-8-20)24-14-13-23-17-21(9-12-25(23)18-24)19-33-27-16-15-26(32-4-2)28(30)29(27)31/h15-16,20-25H,3-14,17-19H2,1-2H3. The predicted octanol–water partition coefficient (Wildman–Crippen LogP) is 8.57. The number of hydrogen-bond donors (Lipinski definition) is 0. The molecule has 33 heavy (non-hydrogen) atoms. The molecule has 4 rings (SSSR count). The highest BCUT2D eigenvalue weighted by Gasteiger charge is 2.39. The number of benzene rings is 1. The van der Waals surface area contributed by atoms with Crippen LogP contribution in [0.2, 0.25) is 0 Å². The Balaban J connectivity index is 1.22. The molecule has 4 atom stereocenters. The molecule has 3 fully saturated rings. The highest BCUT2D eigenvalue weighted by atomic mass is 19.2. The monoisotopic (exact) mass is 462 g/mol. The van der Waals surface area contributed by atoms with Gasteiger partial charge in [0, 0.05) is 0 Å². The summed E-state index contributed by atoms with van der Waals surface area (Å²) in [5, 5.41) is 0. The fraction of sp³-hybridized carbons (Fsp3) is 0.793. The second-order valence-corrected chi connectivity index (χ2v) is 11.1. The summed E-state index contributed by atoms with van der Waals surface area (Å²) in [4.78, 5) is 0. The number of unbranched alkanes of at least 4 members (excludes halogenated alkanes) is 1. The van der Waals surface area contributed by atoms with Crippen LogP contribution in [0.5, 0.6) is 11.5 Å². The van der Waals surface area contributed by atoms with Crippen molar-refractivity contribution in [2.45, 2.75) is 97.3 Å². The maximum atomic E-state index is 14.3. The summed E-state index contributed by atoms with van der Waals surface area (Å²) in [5.74, 6) is 3.13. The quantitative estimate of drug-likeness (QED) is 0.366. The molecule has 0 bridgehead atoms. The zero-order valence-corrected chi connectivity index (χ0v) is 20.8. The van der Waals surface area contributed by atoms with Gasteiger partial charge in [-0.25, -0.2) is 0 Å². The Morgan fingerprint density at radius 2 is 1.24 bits per heavy atom. The summed E-state index contributed by atoms with van der Waals surface area (Å²) in [6.45, 7) is 4.86. The molecule has 3 aliphatic carbocycles. The van der Waals surface area contributed by atoms with Gasteiger partial charge in [-0.15, -0.1) is 0 Å². The van der Waals surface area contributed by atoms with Crippen LogP contribution >= 0.6 is 0 Å². The lowest BCUT2D eigenvalue weighted by atomic mass is 9.61. The molecule has 3 saturated carbocycles. The van der Waals surface area contributed by atoms with Crippen LogP contribution in [0.15, 0.2) is 12.1 Å². The third-order valence-electron chi connectivity index (χ3n) is 9.07. The molecule has 1 aromatic rings. The Labute approximate surface area is 199 Å². The van der Waals surface area contributed by atoms with E-state index in [9.17, 15) is 8.78 Å². The molecule has 0 heterocycles. The largest absolute Gasteiger partial charge is 0.491 e. The molecule has 0 N–H and O–H groups in total. The van der Waals surface area contributed by atoms with Gasteiger partial charge in [-0.1, -0.05) is 39.0 Å². The van der Waals surface area contributed by atoms with Crippen molar-refractivity contribution < 1.29 is 18.3 Å². The molecule has 4 unspecified atom stereocenters. The Bertz CT molecular complexity index is 743.